The Hall–Kier alpha value is -1.17. The van der Waals surface area contributed by atoms with E-state index in [0.29, 0.717) is 6.04 Å². The van der Waals surface area contributed by atoms with E-state index in [1.807, 2.05) is 0 Å². The van der Waals surface area contributed by atoms with Crippen molar-refractivity contribution in [2.75, 3.05) is 52.4 Å². The number of methoxy groups -OCH3 is 1. The summed E-state index contributed by atoms with van der Waals surface area (Å²) in [6, 6.07) is 9.45. The fraction of sp³-hybridized carbons (Fsp3) is 0.647. The molecule has 1 aromatic rings. The van der Waals surface area contributed by atoms with E-state index in [9.17, 15) is 4.39 Å². The lowest BCUT2D eigenvalue weighted by Gasteiger charge is -2.22. The second-order valence-corrected chi connectivity index (χ2v) is 5.80. The van der Waals surface area contributed by atoms with Crippen LogP contribution in [-0.4, -0.2) is 58.5 Å². The zero-order chi connectivity index (χ0) is 16.5. The van der Waals surface area contributed by atoms with Gasteiger partial charge in [0.2, 0.25) is 0 Å². The summed E-state index contributed by atoms with van der Waals surface area (Å²) in [5.74, 6) is 0. The number of hydrogen-bond donors (Lipinski definition) is 1. The van der Waals surface area contributed by atoms with Crippen LogP contribution in [-0.2, 0) is 4.74 Å². The summed E-state index contributed by atoms with van der Waals surface area (Å²) < 4.78 is 15.9. The second kappa shape index (κ2) is 9.77. The van der Waals surface area contributed by atoms with Crippen LogP contribution >= 0.6 is 0 Å². The summed E-state index contributed by atoms with van der Waals surface area (Å²) in [5, 5.41) is 0. The van der Waals surface area contributed by atoms with Crippen molar-refractivity contribution >= 4 is 5.69 Å². The number of nitrogens with two attached hydrogens (primary N) is 1. The summed E-state index contributed by atoms with van der Waals surface area (Å²) in [6.45, 7) is 4.11. The topological polar surface area (TPSA) is 41.7 Å². The highest BCUT2D eigenvalue weighted by molar-refractivity contribution is 5.49. The van der Waals surface area contributed by atoms with Crippen molar-refractivity contribution in [3.63, 3.8) is 0 Å². The summed E-state index contributed by atoms with van der Waals surface area (Å²) in [7, 11) is 6.08. The Kier molecular flexibility index (Phi) is 8.38. The summed E-state index contributed by atoms with van der Waals surface area (Å²) >= 11 is 0. The summed E-state index contributed by atoms with van der Waals surface area (Å²) in [4.78, 5) is 4.79. The lowest BCUT2D eigenvalue weighted by Crippen LogP contribution is -2.31. The van der Waals surface area contributed by atoms with Crippen molar-refractivity contribution in [2.24, 2.45) is 5.73 Å². The molecule has 0 aromatic heterocycles. The quantitative estimate of drug-likeness (QED) is 0.907. The first-order valence-corrected chi connectivity index (χ1v) is 7.83. The smallest absolute Gasteiger partial charge is 0.102 e. The summed E-state index contributed by atoms with van der Waals surface area (Å²) in [5.41, 5.74) is 7.22. The van der Waals surface area contributed by atoms with Crippen LogP contribution < -0.4 is 10.6 Å². The van der Waals surface area contributed by atoms with E-state index in [1.54, 1.807) is 7.11 Å². The zero-order valence-corrected chi connectivity index (χ0v) is 14.3. The lowest BCUT2D eigenvalue weighted by molar-refractivity contribution is 0.119. The maximum atomic E-state index is 10.6. The summed E-state index contributed by atoms with van der Waals surface area (Å²) in [6.07, 6.45) is 1.43. The second-order valence-electron chi connectivity index (χ2n) is 5.80. The van der Waals surface area contributed by atoms with Gasteiger partial charge >= 0.3 is 0 Å². The van der Waals surface area contributed by atoms with E-state index < -0.39 is 6.67 Å². The van der Waals surface area contributed by atoms with Crippen molar-refractivity contribution in [3.8, 4) is 0 Å². The lowest BCUT2D eigenvalue weighted by atomic mass is 10.1. The first kappa shape index (κ1) is 18.9. The molecule has 1 aliphatic heterocycles. The van der Waals surface area contributed by atoms with Gasteiger partial charge in [0.25, 0.3) is 0 Å². The molecule has 0 spiro atoms. The molecule has 2 N–H and O–H groups in total. The normalized spacial score (nSPS) is 19.0. The Morgan fingerprint density at radius 2 is 1.95 bits per heavy atom. The van der Waals surface area contributed by atoms with Crippen LogP contribution in [0.5, 0.6) is 0 Å². The van der Waals surface area contributed by atoms with Gasteiger partial charge in [0.1, 0.15) is 6.67 Å². The number of rotatable bonds is 5. The van der Waals surface area contributed by atoms with Gasteiger partial charge < -0.3 is 20.3 Å². The Bertz CT molecular complexity index is 409. The molecule has 0 radical (unpaired) electrons. The largest absolute Gasteiger partial charge is 0.377 e. The van der Waals surface area contributed by atoms with Gasteiger partial charge in [0.15, 0.2) is 0 Å². The van der Waals surface area contributed by atoms with Crippen LogP contribution in [0, 0.1) is 0 Å². The maximum absolute atomic E-state index is 10.6. The zero-order valence-electron chi connectivity index (χ0n) is 14.3. The first-order chi connectivity index (χ1) is 10.5. The number of halogens is 1. The van der Waals surface area contributed by atoms with Crippen molar-refractivity contribution in [3.05, 3.63) is 29.8 Å². The minimum absolute atomic E-state index is 0.153. The highest BCUT2D eigenvalue weighted by atomic mass is 19.1. The molecule has 1 aliphatic rings. The third-order valence-corrected chi connectivity index (χ3v) is 4.08. The predicted octanol–water partition coefficient (Wildman–Crippen LogP) is 2.45. The van der Waals surface area contributed by atoms with E-state index in [4.69, 9.17) is 4.74 Å². The number of alkyl halides is 1. The standard InChI is InChI=1S/C15H24N2O.C2H6FN/c1-12(18-4)13-5-7-14(8-6-13)17-10-9-15(11-17)16(2)3;3-1-2-4/h5-8,12,15H,9-11H2,1-4H3;1-2,4H2. The van der Waals surface area contributed by atoms with Crippen LogP contribution in [0.4, 0.5) is 10.1 Å². The SMILES string of the molecule is COC(C)c1ccc(N2CCC(N(C)C)C2)cc1.NCCF. The average Bonchev–Trinajstić information content (AvgIpc) is 3.05. The molecule has 22 heavy (non-hydrogen) atoms. The van der Waals surface area contributed by atoms with Crippen LogP contribution in [0.15, 0.2) is 24.3 Å². The molecule has 0 saturated carbocycles. The first-order valence-electron chi connectivity index (χ1n) is 7.83. The van der Waals surface area contributed by atoms with E-state index in [2.05, 4.69) is 60.8 Å². The Morgan fingerprint density at radius 1 is 1.36 bits per heavy atom. The molecule has 1 aromatic carbocycles. The molecule has 2 atom stereocenters. The molecule has 1 heterocycles. The number of likely N-dealkylation sites (N-methyl/N-ethyl adjacent to an activating group) is 1. The molecule has 2 unspecified atom stereocenters. The number of anilines is 1. The van der Waals surface area contributed by atoms with Crippen molar-refractivity contribution in [1.29, 1.82) is 0 Å². The van der Waals surface area contributed by atoms with E-state index in [-0.39, 0.29) is 12.6 Å². The van der Waals surface area contributed by atoms with Crippen LogP contribution in [0.3, 0.4) is 0 Å². The van der Waals surface area contributed by atoms with E-state index in [0.717, 1.165) is 13.1 Å². The van der Waals surface area contributed by atoms with Crippen LogP contribution in [0.2, 0.25) is 0 Å². The minimum Gasteiger partial charge on any atom is -0.377 e. The highest BCUT2D eigenvalue weighted by Crippen LogP contribution is 2.24. The highest BCUT2D eigenvalue weighted by Gasteiger charge is 2.23. The molecule has 1 fully saturated rings. The average molecular weight is 311 g/mol. The van der Waals surface area contributed by atoms with Gasteiger partial charge in [-0.2, -0.15) is 0 Å². The molecular weight excluding hydrogens is 281 g/mol. The van der Waals surface area contributed by atoms with Crippen molar-refractivity contribution in [1.82, 2.24) is 4.90 Å². The molecule has 0 bridgehead atoms. The molecule has 4 nitrogen and oxygen atoms in total. The van der Waals surface area contributed by atoms with Gasteiger partial charge in [-0.15, -0.1) is 0 Å². The van der Waals surface area contributed by atoms with Crippen molar-refractivity contribution < 1.29 is 9.13 Å². The van der Waals surface area contributed by atoms with E-state index >= 15 is 0 Å². The van der Waals surface area contributed by atoms with Gasteiger partial charge in [0, 0.05) is 38.5 Å². The van der Waals surface area contributed by atoms with Crippen molar-refractivity contribution in [2.45, 2.75) is 25.5 Å². The van der Waals surface area contributed by atoms with Crippen LogP contribution in [0.25, 0.3) is 0 Å². The molecule has 1 saturated heterocycles. The van der Waals surface area contributed by atoms with Gasteiger partial charge in [-0.05, 0) is 45.1 Å². The fourth-order valence-corrected chi connectivity index (χ4v) is 2.49. The number of hydrogen-bond acceptors (Lipinski definition) is 4. The molecule has 5 heteroatoms. The monoisotopic (exact) mass is 311 g/mol. The Labute approximate surface area is 134 Å². The number of ether oxygens (including phenoxy) is 1. The van der Waals surface area contributed by atoms with Gasteiger partial charge in [-0.25, -0.2) is 4.39 Å². The number of nitrogens with zero attached hydrogens (tertiary/aromatic N) is 2. The molecule has 2 rings (SSSR count). The van der Waals surface area contributed by atoms with Crippen LogP contribution in [0.1, 0.15) is 25.0 Å². The Morgan fingerprint density at radius 3 is 2.36 bits per heavy atom. The Balaban J connectivity index is 0.000000541. The molecule has 0 aliphatic carbocycles. The molecule has 126 valence electrons. The van der Waals surface area contributed by atoms with Gasteiger partial charge in [0.05, 0.1) is 6.10 Å². The predicted molar refractivity (Wildman–Crippen MR) is 91.2 cm³/mol. The molecule has 0 amide bonds. The fourth-order valence-electron chi connectivity index (χ4n) is 2.49. The minimum atomic E-state index is -0.403. The van der Waals surface area contributed by atoms with Gasteiger partial charge in [-0.1, -0.05) is 12.1 Å². The maximum Gasteiger partial charge on any atom is 0.102 e. The third-order valence-electron chi connectivity index (χ3n) is 4.08. The van der Waals surface area contributed by atoms with Gasteiger partial charge in [-0.3, -0.25) is 0 Å². The number of benzene rings is 1. The van der Waals surface area contributed by atoms with E-state index in [1.165, 1.54) is 17.7 Å². The molecular formula is C17H30FN3O. The third kappa shape index (κ3) is 5.55.